The number of nitrogens with one attached hydrogen (secondary N) is 1. The Morgan fingerprint density at radius 2 is 2.29 bits per heavy atom. The summed E-state index contributed by atoms with van der Waals surface area (Å²) in [5.41, 5.74) is 1.19. The number of piperidine rings is 1. The van der Waals surface area contributed by atoms with Crippen molar-refractivity contribution >= 4 is 17.6 Å². The van der Waals surface area contributed by atoms with E-state index in [-0.39, 0.29) is 12.3 Å². The van der Waals surface area contributed by atoms with Crippen molar-refractivity contribution in [2.24, 2.45) is 5.92 Å². The summed E-state index contributed by atoms with van der Waals surface area (Å²) in [4.78, 5) is 10.6. The predicted octanol–water partition coefficient (Wildman–Crippen LogP) is 2.86. The summed E-state index contributed by atoms with van der Waals surface area (Å²) in [6.07, 6.45) is 2.18. The van der Waals surface area contributed by atoms with Gasteiger partial charge in [0.2, 0.25) is 0 Å². The summed E-state index contributed by atoms with van der Waals surface area (Å²) in [6, 6.07) is 8.14. The number of hydrogen-bond donors (Lipinski definition) is 2. The number of hydrogen-bond acceptors (Lipinski definition) is 2. The molecular formula is C13H16ClNO2. The number of halogens is 1. The summed E-state index contributed by atoms with van der Waals surface area (Å²) in [6.45, 7) is 0.767. The molecule has 1 saturated heterocycles. The molecule has 1 fully saturated rings. The van der Waals surface area contributed by atoms with Gasteiger partial charge in [-0.2, -0.15) is 0 Å². The lowest BCUT2D eigenvalue weighted by Gasteiger charge is -2.29. The molecule has 2 unspecified atom stereocenters. The lowest BCUT2D eigenvalue weighted by atomic mass is 9.89. The molecule has 3 nitrogen and oxygen atoms in total. The van der Waals surface area contributed by atoms with Gasteiger partial charge in [0.15, 0.2) is 0 Å². The van der Waals surface area contributed by atoms with Gasteiger partial charge >= 0.3 is 5.97 Å². The first-order chi connectivity index (χ1) is 8.15. The highest BCUT2D eigenvalue weighted by Gasteiger charge is 2.23. The number of benzene rings is 1. The van der Waals surface area contributed by atoms with E-state index in [4.69, 9.17) is 16.7 Å². The highest BCUT2D eigenvalue weighted by atomic mass is 35.5. The van der Waals surface area contributed by atoms with Gasteiger partial charge in [0, 0.05) is 17.5 Å². The SMILES string of the molecule is O=C(O)CC1CCC(c2cccc(Cl)c2)NC1. The first kappa shape index (κ1) is 12.4. The van der Waals surface area contributed by atoms with Crippen LogP contribution in [0.15, 0.2) is 24.3 Å². The van der Waals surface area contributed by atoms with Gasteiger partial charge in [-0.3, -0.25) is 4.79 Å². The van der Waals surface area contributed by atoms with Crippen molar-refractivity contribution in [3.8, 4) is 0 Å². The van der Waals surface area contributed by atoms with E-state index in [1.54, 1.807) is 0 Å². The predicted molar refractivity (Wildman–Crippen MR) is 67.2 cm³/mol. The maximum absolute atomic E-state index is 10.6. The Morgan fingerprint density at radius 3 is 2.88 bits per heavy atom. The van der Waals surface area contributed by atoms with Gasteiger partial charge in [-0.25, -0.2) is 0 Å². The molecule has 1 aliphatic rings. The zero-order chi connectivity index (χ0) is 12.3. The Balaban J connectivity index is 1.93. The van der Waals surface area contributed by atoms with Crippen molar-refractivity contribution in [3.05, 3.63) is 34.9 Å². The van der Waals surface area contributed by atoms with E-state index in [0.29, 0.717) is 6.04 Å². The van der Waals surface area contributed by atoms with Crippen LogP contribution in [-0.4, -0.2) is 17.6 Å². The molecule has 92 valence electrons. The van der Waals surface area contributed by atoms with Crippen molar-refractivity contribution in [2.75, 3.05) is 6.54 Å². The molecule has 4 heteroatoms. The Labute approximate surface area is 106 Å². The molecule has 0 aliphatic carbocycles. The highest BCUT2D eigenvalue weighted by molar-refractivity contribution is 6.30. The number of aliphatic carboxylic acids is 1. The lowest BCUT2D eigenvalue weighted by Crippen LogP contribution is -2.34. The van der Waals surface area contributed by atoms with Gasteiger partial charge in [0.1, 0.15) is 0 Å². The summed E-state index contributed by atoms with van der Waals surface area (Å²) >= 11 is 5.96. The molecule has 0 bridgehead atoms. The van der Waals surface area contributed by atoms with Crippen LogP contribution in [0.2, 0.25) is 5.02 Å². The zero-order valence-corrected chi connectivity index (χ0v) is 10.3. The third-order valence-electron chi connectivity index (χ3n) is 3.23. The van der Waals surface area contributed by atoms with Crippen LogP contribution in [-0.2, 0) is 4.79 Å². The lowest BCUT2D eigenvalue weighted by molar-refractivity contribution is -0.138. The summed E-state index contributed by atoms with van der Waals surface area (Å²) in [7, 11) is 0. The molecule has 0 spiro atoms. The molecule has 1 aliphatic heterocycles. The van der Waals surface area contributed by atoms with Gasteiger partial charge in [-0.15, -0.1) is 0 Å². The quantitative estimate of drug-likeness (QED) is 0.871. The third-order valence-corrected chi connectivity index (χ3v) is 3.47. The van der Waals surface area contributed by atoms with Crippen molar-refractivity contribution in [2.45, 2.75) is 25.3 Å². The largest absolute Gasteiger partial charge is 0.481 e. The van der Waals surface area contributed by atoms with E-state index in [1.165, 1.54) is 5.56 Å². The second-order valence-electron chi connectivity index (χ2n) is 4.56. The molecule has 1 aromatic rings. The average molecular weight is 254 g/mol. The molecule has 0 saturated carbocycles. The molecule has 0 aromatic heterocycles. The maximum Gasteiger partial charge on any atom is 0.303 e. The number of rotatable bonds is 3. The summed E-state index contributed by atoms with van der Waals surface area (Å²) in [5, 5.41) is 12.9. The van der Waals surface area contributed by atoms with Gasteiger partial charge in [0.05, 0.1) is 0 Å². The summed E-state index contributed by atoms with van der Waals surface area (Å²) < 4.78 is 0. The Hall–Kier alpha value is -1.06. The first-order valence-corrected chi connectivity index (χ1v) is 6.23. The minimum absolute atomic E-state index is 0.253. The first-order valence-electron chi connectivity index (χ1n) is 5.86. The fraction of sp³-hybridized carbons (Fsp3) is 0.462. The topological polar surface area (TPSA) is 49.3 Å². The van der Waals surface area contributed by atoms with Crippen molar-refractivity contribution in [3.63, 3.8) is 0 Å². The van der Waals surface area contributed by atoms with Crippen molar-refractivity contribution in [1.29, 1.82) is 0 Å². The minimum Gasteiger partial charge on any atom is -0.481 e. The number of carboxylic acids is 1. The molecule has 1 aromatic carbocycles. The van der Waals surface area contributed by atoms with Crippen LogP contribution >= 0.6 is 11.6 Å². The van der Waals surface area contributed by atoms with E-state index in [0.717, 1.165) is 24.4 Å². The third kappa shape index (κ3) is 3.45. The van der Waals surface area contributed by atoms with Gasteiger partial charge < -0.3 is 10.4 Å². The molecule has 0 amide bonds. The van der Waals surface area contributed by atoms with Crippen LogP contribution in [0, 0.1) is 5.92 Å². The van der Waals surface area contributed by atoms with Crippen LogP contribution in [0.4, 0.5) is 0 Å². The molecule has 2 atom stereocenters. The van der Waals surface area contributed by atoms with E-state index in [1.807, 2.05) is 18.2 Å². The van der Waals surface area contributed by atoms with Crippen LogP contribution in [0.1, 0.15) is 30.9 Å². The fourth-order valence-corrected chi connectivity index (χ4v) is 2.54. The zero-order valence-electron chi connectivity index (χ0n) is 9.53. The van der Waals surface area contributed by atoms with Crippen LogP contribution in [0.5, 0.6) is 0 Å². The van der Waals surface area contributed by atoms with Gasteiger partial charge in [0.25, 0.3) is 0 Å². The van der Waals surface area contributed by atoms with E-state index >= 15 is 0 Å². The Bertz CT molecular complexity index is 400. The standard InChI is InChI=1S/C13H16ClNO2/c14-11-3-1-2-10(7-11)12-5-4-9(8-15-12)6-13(16)17/h1-3,7,9,12,15H,4-6,8H2,(H,16,17). The minimum atomic E-state index is -0.710. The van der Waals surface area contributed by atoms with Gasteiger partial charge in [-0.1, -0.05) is 23.7 Å². The van der Waals surface area contributed by atoms with Gasteiger partial charge in [-0.05, 0) is 43.0 Å². The second-order valence-corrected chi connectivity index (χ2v) is 4.99. The molecule has 0 radical (unpaired) electrons. The Morgan fingerprint density at radius 1 is 1.47 bits per heavy atom. The fourth-order valence-electron chi connectivity index (χ4n) is 2.34. The Kier molecular flexibility index (Phi) is 4.02. The molecular weight excluding hydrogens is 238 g/mol. The van der Waals surface area contributed by atoms with E-state index in [2.05, 4.69) is 11.4 Å². The van der Waals surface area contributed by atoms with E-state index < -0.39 is 5.97 Å². The van der Waals surface area contributed by atoms with Crippen LogP contribution in [0.25, 0.3) is 0 Å². The van der Waals surface area contributed by atoms with Crippen molar-refractivity contribution < 1.29 is 9.90 Å². The molecule has 2 rings (SSSR count). The average Bonchev–Trinajstić information content (AvgIpc) is 2.29. The van der Waals surface area contributed by atoms with Crippen LogP contribution in [0.3, 0.4) is 0 Å². The molecule has 17 heavy (non-hydrogen) atoms. The smallest absolute Gasteiger partial charge is 0.303 e. The second kappa shape index (κ2) is 5.52. The number of carbonyl (C=O) groups is 1. The van der Waals surface area contributed by atoms with Crippen LogP contribution < -0.4 is 5.32 Å². The highest BCUT2D eigenvalue weighted by Crippen LogP contribution is 2.28. The summed E-state index contributed by atoms with van der Waals surface area (Å²) in [5.74, 6) is -0.457. The molecule has 2 N–H and O–H groups in total. The monoisotopic (exact) mass is 253 g/mol. The normalized spacial score (nSPS) is 24.5. The van der Waals surface area contributed by atoms with Crippen molar-refractivity contribution in [1.82, 2.24) is 5.32 Å². The van der Waals surface area contributed by atoms with E-state index in [9.17, 15) is 4.79 Å². The maximum atomic E-state index is 10.6. The molecule has 1 heterocycles. The number of carboxylic acid groups (broad SMARTS) is 1.